The maximum absolute atomic E-state index is 11.9. The second-order valence-electron chi connectivity index (χ2n) is 3.91. The Morgan fingerprint density at radius 3 is 2.61 bits per heavy atom. The van der Waals surface area contributed by atoms with E-state index in [9.17, 15) is 4.79 Å². The predicted octanol–water partition coefficient (Wildman–Crippen LogP) is 2.24. The van der Waals surface area contributed by atoms with Gasteiger partial charge >= 0.3 is 5.69 Å². The molecule has 0 atom stereocenters. The molecule has 18 heavy (non-hydrogen) atoms. The molecule has 2 aromatic rings. The van der Waals surface area contributed by atoms with Crippen LogP contribution in [-0.2, 0) is 13.1 Å². The number of nitrogens with zero attached hydrogens (tertiary/aromatic N) is 3. The molecule has 0 amide bonds. The highest BCUT2D eigenvalue weighted by Gasteiger charge is 2.06. The molecule has 0 aliphatic rings. The first-order valence-electron chi connectivity index (χ1n) is 5.59. The van der Waals surface area contributed by atoms with Gasteiger partial charge in [0.05, 0.1) is 18.2 Å². The quantitative estimate of drug-likeness (QED) is 0.851. The van der Waals surface area contributed by atoms with E-state index < -0.39 is 0 Å². The van der Waals surface area contributed by atoms with Crippen LogP contribution in [0.3, 0.4) is 0 Å². The Morgan fingerprint density at radius 2 is 2.06 bits per heavy atom. The molecule has 0 saturated carbocycles. The number of aryl methyl sites for hydroxylation is 1. The molecule has 0 N–H and O–H groups in total. The molecule has 1 heterocycles. The Kier molecular flexibility index (Phi) is 3.54. The summed E-state index contributed by atoms with van der Waals surface area (Å²) in [5.41, 5.74) is 1.28. The van der Waals surface area contributed by atoms with Crippen molar-refractivity contribution in [3.8, 4) is 6.07 Å². The number of hydrogen-bond donors (Lipinski definition) is 0. The molecular weight excluding hydrogens is 250 g/mol. The lowest BCUT2D eigenvalue weighted by molar-refractivity contribution is 0.668. The molecule has 0 unspecified atom stereocenters. The van der Waals surface area contributed by atoms with E-state index in [0.717, 1.165) is 5.56 Å². The zero-order chi connectivity index (χ0) is 13.1. The molecule has 0 saturated heterocycles. The average molecular weight is 262 g/mol. The van der Waals surface area contributed by atoms with E-state index in [2.05, 4.69) is 0 Å². The third-order valence-corrected chi connectivity index (χ3v) is 3.13. The van der Waals surface area contributed by atoms with Crippen molar-refractivity contribution in [2.75, 3.05) is 0 Å². The van der Waals surface area contributed by atoms with E-state index in [1.807, 2.05) is 13.0 Å². The minimum absolute atomic E-state index is 0.0575. The van der Waals surface area contributed by atoms with Gasteiger partial charge < -0.3 is 0 Å². The maximum atomic E-state index is 11.9. The van der Waals surface area contributed by atoms with Crippen molar-refractivity contribution in [3.05, 3.63) is 57.2 Å². The smallest absolute Gasteiger partial charge is 0.300 e. The fourth-order valence-electron chi connectivity index (χ4n) is 1.74. The molecule has 0 fully saturated rings. The number of halogens is 1. The molecular formula is C13H12ClN3O. The van der Waals surface area contributed by atoms with Crippen LogP contribution in [-0.4, -0.2) is 9.13 Å². The van der Waals surface area contributed by atoms with Crippen LogP contribution in [0.5, 0.6) is 0 Å². The molecule has 4 nitrogen and oxygen atoms in total. The minimum atomic E-state index is -0.0575. The number of aromatic nitrogens is 2. The van der Waals surface area contributed by atoms with Gasteiger partial charge in [-0.2, -0.15) is 5.26 Å². The van der Waals surface area contributed by atoms with Crippen LogP contribution in [0.2, 0.25) is 5.02 Å². The van der Waals surface area contributed by atoms with Gasteiger partial charge in [0.1, 0.15) is 0 Å². The molecule has 1 aromatic heterocycles. The summed E-state index contributed by atoms with van der Waals surface area (Å²) in [7, 11) is 0. The molecule has 0 radical (unpaired) electrons. The van der Waals surface area contributed by atoms with Gasteiger partial charge in [0.25, 0.3) is 0 Å². The fourth-order valence-corrected chi connectivity index (χ4v) is 1.98. The SMILES string of the molecule is CCn1ccn(Cc2ccc(C#N)cc2Cl)c1=O. The summed E-state index contributed by atoms with van der Waals surface area (Å²) in [5, 5.41) is 9.26. The van der Waals surface area contributed by atoms with Gasteiger partial charge in [-0.25, -0.2) is 4.79 Å². The molecule has 0 spiro atoms. The lowest BCUT2D eigenvalue weighted by Gasteiger charge is -2.05. The Hall–Kier alpha value is -1.99. The van der Waals surface area contributed by atoms with Crippen molar-refractivity contribution in [1.29, 1.82) is 5.26 Å². The summed E-state index contributed by atoms with van der Waals surface area (Å²) in [6, 6.07) is 7.11. The Bertz CT molecular complexity index is 664. The van der Waals surface area contributed by atoms with Crippen LogP contribution in [0, 0.1) is 11.3 Å². The normalized spacial score (nSPS) is 10.3. The van der Waals surface area contributed by atoms with Gasteiger partial charge in [-0.15, -0.1) is 0 Å². The Morgan fingerprint density at radius 1 is 1.33 bits per heavy atom. The first-order chi connectivity index (χ1) is 8.65. The summed E-state index contributed by atoms with van der Waals surface area (Å²) in [6.07, 6.45) is 3.49. The number of hydrogen-bond acceptors (Lipinski definition) is 2. The van der Waals surface area contributed by atoms with E-state index in [1.54, 1.807) is 39.7 Å². The molecule has 2 rings (SSSR count). The lowest BCUT2D eigenvalue weighted by Crippen LogP contribution is -2.23. The largest absolute Gasteiger partial charge is 0.328 e. The third-order valence-electron chi connectivity index (χ3n) is 2.78. The van der Waals surface area contributed by atoms with Gasteiger partial charge in [0, 0.05) is 24.0 Å². The second-order valence-corrected chi connectivity index (χ2v) is 4.32. The molecule has 5 heteroatoms. The molecule has 92 valence electrons. The highest BCUT2D eigenvalue weighted by atomic mass is 35.5. The van der Waals surface area contributed by atoms with E-state index >= 15 is 0 Å². The highest BCUT2D eigenvalue weighted by Crippen LogP contribution is 2.18. The summed E-state index contributed by atoms with van der Waals surface area (Å²) < 4.78 is 3.22. The summed E-state index contributed by atoms with van der Waals surface area (Å²) in [5.74, 6) is 0. The van der Waals surface area contributed by atoms with Crippen LogP contribution < -0.4 is 5.69 Å². The van der Waals surface area contributed by atoms with Crippen LogP contribution in [0.1, 0.15) is 18.1 Å². The first kappa shape index (κ1) is 12.5. The van der Waals surface area contributed by atoms with Crippen LogP contribution in [0.15, 0.2) is 35.4 Å². The standard InChI is InChI=1S/C13H12ClN3O/c1-2-16-5-6-17(13(16)18)9-11-4-3-10(8-15)7-12(11)14/h3-7H,2,9H2,1H3. The second kappa shape index (κ2) is 5.11. The molecule has 0 aliphatic carbocycles. The monoisotopic (exact) mass is 261 g/mol. The average Bonchev–Trinajstić information content (AvgIpc) is 2.73. The van der Waals surface area contributed by atoms with Gasteiger partial charge in [0.15, 0.2) is 0 Å². The van der Waals surface area contributed by atoms with E-state index in [1.165, 1.54) is 0 Å². The van der Waals surface area contributed by atoms with Crippen molar-refractivity contribution in [1.82, 2.24) is 9.13 Å². The van der Waals surface area contributed by atoms with Crippen LogP contribution in [0.4, 0.5) is 0 Å². The molecule has 0 bridgehead atoms. The van der Waals surface area contributed by atoms with Crippen molar-refractivity contribution in [3.63, 3.8) is 0 Å². The summed E-state index contributed by atoms with van der Waals surface area (Å²) >= 11 is 6.08. The minimum Gasteiger partial charge on any atom is -0.300 e. The van der Waals surface area contributed by atoms with Crippen molar-refractivity contribution in [2.45, 2.75) is 20.0 Å². The van der Waals surface area contributed by atoms with Gasteiger partial charge in [-0.05, 0) is 24.6 Å². The molecule has 0 aliphatic heterocycles. The van der Waals surface area contributed by atoms with Crippen molar-refractivity contribution >= 4 is 11.6 Å². The topological polar surface area (TPSA) is 50.7 Å². The van der Waals surface area contributed by atoms with Crippen molar-refractivity contribution in [2.24, 2.45) is 0 Å². The van der Waals surface area contributed by atoms with Gasteiger partial charge in [-0.3, -0.25) is 9.13 Å². The van der Waals surface area contributed by atoms with Crippen LogP contribution in [0.25, 0.3) is 0 Å². The highest BCUT2D eigenvalue weighted by molar-refractivity contribution is 6.31. The predicted molar refractivity (Wildman–Crippen MR) is 69.6 cm³/mol. The zero-order valence-electron chi connectivity index (χ0n) is 9.93. The van der Waals surface area contributed by atoms with E-state index in [-0.39, 0.29) is 5.69 Å². The number of nitriles is 1. The fraction of sp³-hybridized carbons (Fsp3) is 0.231. The number of benzene rings is 1. The lowest BCUT2D eigenvalue weighted by atomic mass is 10.1. The third kappa shape index (κ3) is 2.31. The van der Waals surface area contributed by atoms with Crippen molar-refractivity contribution < 1.29 is 0 Å². The summed E-state index contributed by atoms with van der Waals surface area (Å²) in [4.78, 5) is 11.9. The van der Waals surface area contributed by atoms with Gasteiger partial charge in [0.2, 0.25) is 0 Å². The zero-order valence-corrected chi connectivity index (χ0v) is 10.7. The van der Waals surface area contributed by atoms with Crippen LogP contribution >= 0.6 is 11.6 Å². The van der Waals surface area contributed by atoms with Gasteiger partial charge in [-0.1, -0.05) is 17.7 Å². The summed E-state index contributed by atoms with van der Waals surface area (Å²) in [6.45, 7) is 2.98. The Balaban J connectivity index is 2.32. The maximum Gasteiger partial charge on any atom is 0.328 e. The number of imidazole rings is 1. The number of rotatable bonds is 3. The van der Waals surface area contributed by atoms with E-state index in [0.29, 0.717) is 23.7 Å². The Labute approximate surface area is 110 Å². The first-order valence-corrected chi connectivity index (χ1v) is 5.97. The molecule has 1 aromatic carbocycles. The van der Waals surface area contributed by atoms with E-state index in [4.69, 9.17) is 16.9 Å².